The van der Waals surface area contributed by atoms with E-state index >= 15 is 0 Å². The second kappa shape index (κ2) is 12.9. The summed E-state index contributed by atoms with van der Waals surface area (Å²) in [5, 5.41) is 4.03. The fraction of sp³-hybridized carbons (Fsp3) is 0.346. The lowest BCUT2D eigenvalue weighted by Gasteiger charge is -2.26. The molecule has 1 aromatic heterocycles. The van der Waals surface area contributed by atoms with Gasteiger partial charge < -0.3 is 15.0 Å². The molecule has 0 radical (unpaired) electrons. The van der Waals surface area contributed by atoms with Crippen LogP contribution in [-0.4, -0.2) is 67.2 Å². The third-order valence-electron chi connectivity index (χ3n) is 5.69. The quantitative estimate of drug-likeness (QED) is 0.249. The number of anilines is 1. The lowest BCUT2D eigenvalue weighted by molar-refractivity contribution is 0.0383. The summed E-state index contributed by atoms with van der Waals surface area (Å²) in [5.74, 6) is 1.34. The van der Waals surface area contributed by atoms with Gasteiger partial charge in [-0.05, 0) is 23.3 Å². The third-order valence-corrected chi connectivity index (χ3v) is 6.80. The molecule has 35 heavy (non-hydrogen) atoms. The normalized spacial score (nSPS) is 14.0. The summed E-state index contributed by atoms with van der Waals surface area (Å²) >= 11 is 7.79. The second-order valence-electron chi connectivity index (χ2n) is 8.37. The van der Waals surface area contributed by atoms with Gasteiger partial charge in [-0.25, -0.2) is 9.97 Å². The van der Waals surface area contributed by atoms with Crippen molar-refractivity contribution in [3.8, 4) is 0 Å². The van der Waals surface area contributed by atoms with Crippen LogP contribution >= 0.6 is 23.4 Å². The van der Waals surface area contributed by atoms with Crippen molar-refractivity contribution in [1.82, 2.24) is 20.2 Å². The topological polar surface area (TPSA) is 70.6 Å². The van der Waals surface area contributed by atoms with Crippen LogP contribution in [0.15, 0.2) is 65.8 Å². The van der Waals surface area contributed by atoms with E-state index in [2.05, 4.69) is 37.2 Å². The van der Waals surface area contributed by atoms with Crippen molar-refractivity contribution in [3.63, 3.8) is 0 Å². The molecule has 0 spiro atoms. The van der Waals surface area contributed by atoms with Crippen LogP contribution in [0.5, 0.6) is 0 Å². The van der Waals surface area contributed by atoms with E-state index in [4.69, 9.17) is 16.3 Å². The lowest BCUT2D eigenvalue weighted by Crippen LogP contribution is -2.41. The van der Waals surface area contributed by atoms with E-state index in [1.165, 1.54) is 17.3 Å². The Morgan fingerprint density at radius 1 is 1.09 bits per heavy atom. The average Bonchev–Trinajstić information content (AvgIpc) is 2.88. The summed E-state index contributed by atoms with van der Waals surface area (Å²) in [4.78, 5) is 26.0. The molecular weight excluding hydrogens is 482 g/mol. The van der Waals surface area contributed by atoms with E-state index in [1.54, 1.807) is 6.07 Å². The van der Waals surface area contributed by atoms with Crippen LogP contribution in [0, 0.1) is 0 Å². The maximum Gasteiger partial charge on any atom is 0.251 e. The maximum atomic E-state index is 12.6. The number of morpholine rings is 1. The number of carbonyl (C=O) groups is 1. The maximum absolute atomic E-state index is 12.6. The van der Waals surface area contributed by atoms with E-state index in [0.29, 0.717) is 28.2 Å². The van der Waals surface area contributed by atoms with E-state index in [0.717, 1.165) is 50.8 Å². The second-order valence-corrected chi connectivity index (χ2v) is 9.70. The highest BCUT2D eigenvalue weighted by molar-refractivity contribution is 7.98. The van der Waals surface area contributed by atoms with Crippen molar-refractivity contribution in [2.75, 3.05) is 51.3 Å². The number of aromatic nitrogens is 2. The molecule has 0 saturated carbocycles. The monoisotopic (exact) mass is 511 g/mol. The van der Waals surface area contributed by atoms with Crippen LogP contribution in [0.25, 0.3) is 0 Å². The molecule has 184 valence electrons. The van der Waals surface area contributed by atoms with Crippen LogP contribution in [-0.2, 0) is 17.0 Å². The Bertz CT molecular complexity index is 1110. The van der Waals surface area contributed by atoms with E-state index < -0.39 is 0 Å². The van der Waals surface area contributed by atoms with Crippen molar-refractivity contribution < 1.29 is 9.53 Å². The summed E-state index contributed by atoms with van der Waals surface area (Å²) in [6.07, 6.45) is 0. The van der Waals surface area contributed by atoms with Gasteiger partial charge in [0.15, 0.2) is 5.16 Å². The molecule has 2 heterocycles. The predicted octanol–water partition coefficient (Wildman–Crippen LogP) is 4.12. The molecule has 9 heteroatoms. The molecule has 0 atom stereocenters. The Morgan fingerprint density at radius 3 is 2.66 bits per heavy atom. The van der Waals surface area contributed by atoms with Gasteiger partial charge in [-0.1, -0.05) is 65.8 Å². The molecule has 3 aromatic rings. The molecule has 1 saturated heterocycles. The van der Waals surface area contributed by atoms with Gasteiger partial charge >= 0.3 is 0 Å². The number of nitrogens with one attached hydrogen (secondary N) is 1. The standard InChI is InChI=1S/C26H30ClN5O2S/c1-31(18-20-6-3-2-4-7-20)24-17-23(27)29-26(30-24)35-19-21-8-5-9-22(16-21)25(33)28-10-11-32-12-14-34-15-13-32/h2-9,16-17H,10-15,18-19H2,1H3,(H,28,33). The first-order chi connectivity index (χ1) is 17.1. The molecule has 7 nitrogen and oxygen atoms in total. The first kappa shape index (κ1) is 25.4. The Morgan fingerprint density at radius 2 is 1.86 bits per heavy atom. The largest absolute Gasteiger partial charge is 0.379 e. The molecule has 1 N–H and O–H groups in total. The molecule has 1 amide bonds. The lowest BCUT2D eigenvalue weighted by atomic mass is 10.1. The van der Waals surface area contributed by atoms with Gasteiger partial charge in [0.1, 0.15) is 11.0 Å². The van der Waals surface area contributed by atoms with E-state index in [9.17, 15) is 4.79 Å². The number of carbonyl (C=O) groups excluding carboxylic acids is 1. The Labute approximate surface area is 215 Å². The van der Waals surface area contributed by atoms with Gasteiger partial charge in [-0.2, -0.15) is 0 Å². The molecular formula is C26H30ClN5O2S. The number of thioether (sulfide) groups is 1. The molecule has 0 unspecified atom stereocenters. The molecule has 0 aliphatic carbocycles. The van der Waals surface area contributed by atoms with Crippen molar-refractivity contribution in [2.45, 2.75) is 17.5 Å². The minimum Gasteiger partial charge on any atom is -0.379 e. The molecule has 1 fully saturated rings. The number of rotatable bonds is 10. The Balaban J connectivity index is 1.32. The minimum atomic E-state index is -0.0612. The number of benzene rings is 2. The molecule has 1 aliphatic heterocycles. The molecule has 0 bridgehead atoms. The summed E-state index contributed by atoms with van der Waals surface area (Å²) in [5.41, 5.74) is 2.87. The number of ether oxygens (including phenoxy) is 1. The summed E-state index contributed by atoms with van der Waals surface area (Å²) in [6.45, 7) is 5.52. The molecule has 1 aliphatic rings. The van der Waals surface area contributed by atoms with E-state index in [-0.39, 0.29) is 5.91 Å². The first-order valence-corrected chi connectivity index (χ1v) is 13.0. The highest BCUT2D eigenvalue weighted by Gasteiger charge is 2.12. The summed E-state index contributed by atoms with van der Waals surface area (Å²) in [7, 11) is 1.99. The van der Waals surface area contributed by atoms with Crippen molar-refractivity contribution in [2.24, 2.45) is 0 Å². The van der Waals surface area contributed by atoms with E-state index in [1.807, 2.05) is 49.5 Å². The van der Waals surface area contributed by atoms with Gasteiger partial charge in [0, 0.05) is 57.2 Å². The zero-order valence-electron chi connectivity index (χ0n) is 19.8. The van der Waals surface area contributed by atoms with Crippen molar-refractivity contribution >= 4 is 35.1 Å². The van der Waals surface area contributed by atoms with Gasteiger partial charge in [0.05, 0.1) is 13.2 Å². The van der Waals surface area contributed by atoms with Crippen LogP contribution in [0.2, 0.25) is 5.15 Å². The zero-order valence-corrected chi connectivity index (χ0v) is 21.4. The van der Waals surface area contributed by atoms with Gasteiger partial charge in [0.25, 0.3) is 5.91 Å². The fourth-order valence-electron chi connectivity index (χ4n) is 3.79. The minimum absolute atomic E-state index is 0.0612. The van der Waals surface area contributed by atoms with Crippen LogP contribution in [0.1, 0.15) is 21.5 Å². The van der Waals surface area contributed by atoms with Gasteiger partial charge in [0.2, 0.25) is 0 Å². The van der Waals surface area contributed by atoms with Crippen LogP contribution < -0.4 is 10.2 Å². The molecule has 2 aromatic carbocycles. The average molecular weight is 512 g/mol. The highest BCUT2D eigenvalue weighted by Crippen LogP contribution is 2.25. The Kier molecular flexibility index (Phi) is 9.36. The number of halogens is 1. The number of hydrogen-bond donors (Lipinski definition) is 1. The predicted molar refractivity (Wildman–Crippen MR) is 141 cm³/mol. The summed E-state index contributed by atoms with van der Waals surface area (Å²) in [6, 6.07) is 19.7. The van der Waals surface area contributed by atoms with Gasteiger partial charge in [-0.15, -0.1) is 0 Å². The van der Waals surface area contributed by atoms with Crippen molar-refractivity contribution in [3.05, 3.63) is 82.5 Å². The summed E-state index contributed by atoms with van der Waals surface area (Å²) < 4.78 is 5.36. The number of nitrogens with zero attached hydrogens (tertiary/aromatic N) is 4. The molecule has 4 rings (SSSR count). The smallest absolute Gasteiger partial charge is 0.251 e. The third kappa shape index (κ3) is 7.93. The van der Waals surface area contributed by atoms with Gasteiger partial charge in [-0.3, -0.25) is 9.69 Å². The van der Waals surface area contributed by atoms with Crippen LogP contribution in [0.4, 0.5) is 5.82 Å². The number of amides is 1. The number of hydrogen-bond acceptors (Lipinski definition) is 7. The highest BCUT2D eigenvalue weighted by atomic mass is 35.5. The first-order valence-electron chi connectivity index (χ1n) is 11.7. The van der Waals surface area contributed by atoms with Crippen LogP contribution in [0.3, 0.4) is 0 Å². The SMILES string of the molecule is CN(Cc1ccccc1)c1cc(Cl)nc(SCc2cccc(C(=O)NCCN3CCOCC3)c2)n1. The Hall–Kier alpha value is -2.65. The van der Waals surface area contributed by atoms with Crippen molar-refractivity contribution in [1.29, 1.82) is 0 Å². The fourth-order valence-corrected chi connectivity index (χ4v) is 4.81. The zero-order chi connectivity index (χ0) is 24.5.